The predicted molar refractivity (Wildman–Crippen MR) is 63.4 cm³/mol. The molecule has 1 aliphatic carbocycles. The van der Waals surface area contributed by atoms with Crippen LogP contribution < -0.4 is 5.32 Å². The van der Waals surface area contributed by atoms with Gasteiger partial charge in [-0.3, -0.25) is 0 Å². The zero-order valence-corrected chi connectivity index (χ0v) is 9.94. The lowest BCUT2D eigenvalue weighted by Gasteiger charge is -2.15. The van der Waals surface area contributed by atoms with E-state index in [4.69, 9.17) is 10.00 Å². The summed E-state index contributed by atoms with van der Waals surface area (Å²) in [6.07, 6.45) is 6.61. The van der Waals surface area contributed by atoms with E-state index in [0.717, 1.165) is 19.6 Å². The number of nitrogens with zero attached hydrogens (tertiary/aromatic N) is 3. The van der Waals surface area contributed by atoms with Crippen molar-refractivity contribution in [2.24, 2.45) is 5.41 Å². The Kier molecular flexibility index (Phi) is 3.55. The highest BCUT2D eigenvalue weighted by molar-refractivity contribution is 5.46. The van der Waals surface area contributed by atoms with E-state index in [1.807, 2.05) is 6.07 Å². The summed E-state index contributed by atoms with van der Waals surface area (Å²) in [6.45, 7) is 1.62. The van der Waals surface area contributed by atoms with Gasteiger partial charge in [-0.05, 0) is 24.7 Å². The van der Waals surface area contributed by atoms with E-state index in [-0.39, 0.29) is 0 Å². The Balaban J connectivity index is 1.92. The quantitative estimate of drug-likeness (QED) is 0.806. The summed E-state index contributed by atoms with van der Waals surface area (Å²) in [5.41, 5.74) is 0.690. The molecule has 0 saturated heterocycles. The van der Waals surface area contributed by atoms with Gasteiger partial charge in [-0.2, -0.15) is 5.26 Å². The Labute approximate surface area is 101 Å². The number of anilines is 1. The van der Waals surface area contributed by atoms with E-state index in [1.54, 1.807) is 13.3 Å². The van der Waals surface area contributed by atoms with Gasteiger partial charge in [0, 0.05) is 32.7 Å². The number of aromatic nitrogens is 2. The number of methoxy groups -OCH3 is 1. The number of hydrogen-bond donors (Lipinski definition) is 1. The van der Waals surface area contributed by atoms with E-state index >= 15 is 0 Å². The van der Waals surface area contributed by atoms with Gasteiger partial charge in [0.2, 0.25) is 0 Å². The van der Waals surface area contributed by atoms with Crippen molar-refractivity contribution in [3.63, 3.8) is 0 Å². The molecule has 1 aliphatic rings. The Bertz CT molecular complexity index is 423. The Morgan fingerprint density at radius 1 is 1.47 bits per heavy atom. The average molecular weight is 232 g/mol. The lowest BCUT2D eigenvalue weighted by atomic mass is 10.0. The van der Waals surface area contributed by atoms with E-state index in [1.165, 1.54) is 19.0 Å². The largest absolute Gasteiger partial charge is 0.385 e. The second kappa shape index (κ2) is 5.11. The molecule has 1 aromatic rings. The molecule has 0 amide bonds. The summed E-state index contributed by atoms with van der Waals surface area (Å²) >= 11 is 0. The van der Waals surface area contributed by atoms with E-state index in [9.17, 15) is 0 Å². The van der Waals surface area contributed by atoms with Crippen molar-refractivity contribution in [3.8, 4) is 6.07 Å². The fourth-order valence-corrected chi connectivity index (χ4v) is 1.83. The van der Waals surface area contributed by atoms with Gasteiger partial charge in [-0.1, -0.05) is 0 Å². The molecule has 2 rings (SSSR count). The minimum absolute atomic E-state index is 0.334. The van der Waals surface area contributed by atoms with E-state index < -0.39 is 0 Å². The van der Waals surface area contributed by atoms with Crippen LogP contribution in [0.2, 0.25) is 0 Å². The normalized spacial score (nSPS) is 16.2. The average Bonchev–Trinajstić information content (AvgIpc) is 3.15. The molecule has 0 aliphatic heterocycles. The van der Waals surface area contributed by atoms with Gasteiger partial charge in [0.15, 0.2) is 11.5 Å². The summed E-state index contributed by atoms with van der Waals surface area (Å²) in [5.74, 6) is 0.582. The van der Waals surface area contributed by atoms with Gasteiger partial charge < -0.3 is 10.1 Å². The smallest absolute Gasteiger partial charge is 0.182 e. The van der Waals surface area contributed by atoms with Crippen molar-refractivity contribution in [2.75, 3.05) is 25.6 Å². The van der Waals surface area contributed by atoms with Gasteiger partial charge >= 0.3 is 0 Å². The first kappa shape index (κ1) is 11.8. The van der Waals surface area contributed by atoms with Crippen LogP contribution in [0.5, 0.6) is 0 Å². The SMILES string of the molecule is COCCC1(CNc2nccnc2C#N)CC1. The molecule has 0 aromatic carbocycles. The standard InChI is InChI=1S/C12H16N4O/c1-17-7-4-12(2-3-12)9-16-11-10(8-13)14-5-6-15-11/h5-6H,2-4,7,9H2,1H3,(H,15,16). The molecule has 1 N–H and O–H groups in total. The maximum absolute atomic E-state index is 8.89. The van der Waals surface area contributed by atoms with Gasteiger partial charge in [-0.25, -0.2) is 9.97 Å². The first-order chi connectivity index (χ1) is 8.29. The number of rotatable bonds is 6. The molecule has 5 heteroatoms. The van der Waals surface area contributed by atoms with Crippen molar-refractivity contribution < 1.29 is 4.74 Å². The first-order valence-corrected chi connectivity index (χ1v) is 5.74. The van der Waals surface area contributed by atoms with E-state index in [0.29, 0.717) is 16.9 Å². The van der Waals surface area contributed by atoms with Gasteiger partial charge in [0.05, 0.1) is 0 Å². The van der Waals surface area contributed by atoms with Crippen LogP contribution in [0.4, 0.5) is 5.82 Å². The molecule has 1 saturated carbocycles. The van der Waals surface area contributed by atoms with Crippen molar-refractivity contribution in [3.05, 3.63) is 18.1 Å². The van der Waals surface area contributed by atoms with Crippen LogP contribution in [0.25, 0.3) is 0 Å². The summed E-state index contributed by atoms with van der Waals surface area (Å²) in [5, 5.41) is 12.1. The second-order valence-corrected chi connectivity index (χ2v) is 4.46. The number of hydrogen-bond acceptors (Lipinski definition) is 5. The second-order valence-electron chi connectivity index (χ2n) is 4.46. The molecule has 1 aromatic heterocycles. The van der Waals surface area contributed by atoms with Crippen LogP contribution in [-0.4, -0.2) is 30.2 Å². The molecule has 90 valence electrons. The van der Waals surface area contributed by atoms with Crippen molar-refractivity contribution >= 4 is 5.82 Å². The predicted octanol–water partition coefficient (Wildman–Crippen LogP) is 1.58. The summed E-state index contributed by atoms with van der Waals surface area (Å²) in [7, 11) is 1.72. The number of nitriles is 1. The zero-order valence-electron chi connectivity index (χ0n) is 9.94. The van der Waals surface area contributed by atoms with Crippen molar-refractivity contribution in [1.82, 2.24) is 9.97 Å². The summed E-state index contributed by atoms with van der Waals surface area (Å²) in [4.78, 5) is 8.10. The third-order valence-corrected chi connectivity index (χ3v) is 3.23. The van der Waals surface area contributed by atoms with Crippen LogP contribution >= 0.6 is 0 Å². The molecule has 0 spiro atoms. The molecular weight excluding hydrogens is 216 g/mol. The number of nitrogens with one attached hydrogen (secondary N) is 1. The van der Waals surface area contributed by atoms with Crippen LogP contribution in [0.3, 0.4) is 0 Å². The van der Waals surface area contributed by atoms with Crippen LogP contribution in [0.15, 0.2) is 12.4 Å². The summed E-state index contributed by atoms with van der Waals surface area (Å²) in [6, 6.07) is 2.03. The molecular formula is C12H16N4O. The minimum Gasteiger partial charge on any atom is -0.385 e. The van der Waals surface area contributed by atoms with Crippen molar-refractivity contribution in [1.29, 1.82) is 5.26 Å². The monoisotopic (exact) mass is 232 g/mol. The Morgan fingerprint density at radius 2 is 2.24 bits per heavy atom. The molecule has 0 bridgehead atoms. The van der Waals surface area contributed by atoms with Gasteiger partial charge in [0.25, 0.3) is 0 Å². The van der Waals surface area contributed by atoms with Gasteiger partial charge in [0.1, 0.15) is 6.07 Å². The topological polar surface area (TPSA) is 70.8 Å². The first-order valence-electron chi connectivity index (χ1n) is 5.74. The highest BCUT2D eigenvalue weighted by Gasteiger charge is 2.41. The lowest BCUT2D eigenvalue weighted by molar-refractivity contribution is 0.175. The van der Waals surface area contributed by atoms with Gasteiger partial charge in [-0.15, -0.1) is 0 Å². The Hall–Kier alpha value is -1.67. The zero-order chi connectivity index (χ0) is 12.1. The van der Waals surface area contributed by atoms with Crippen LogP contribution in [-0.2, 0) is 4.74 Å². The maximum atomic E-state index is 8.89. The fraction of sp³-hybridized carbons (Fsp3) is 0.583. The minimum atomic E-state index is 0.334. The third kappa shape index (κ3) is 2.92. The highest BCUT2D eigenvalue weighted by Crippen LogP contribution is 2.48. The molecule has 0 unspecified atom stereocenters. The molecule has 17 heavy (non-hydrogen) atoms. The fourth-order valence-electron chi connectivity index (χ4n) is 1.83. The third-order valence-electron chi connectivity index (χ3n) is 3.23. The summed E-state index contributed by atoms with van der Waals surface area (Å²) < 4.78 is 5.11. The van der Waals surface area contributed by atoms with Crippen LogP contribution in [0, 0.1) is 16.7 Å². The molecule has 1 fully saturated rings. The molecule has 0 radical (unpaired) electrons. The van der Waals surface area contributed by atoms with E-state index in [2.05, 4.69) is 15.3 Å². The molecule has 5 nitrogen and oxygen atoms in total. The molecule has 0 atom stereocenters. The van der Waals surface area contributed by atoms with Crippen molar-refractivity contribution in [2.45, 2.75) is 19.3 Å². The maximum Gasteiger partial charge on any atom is 0.182 e. The lowest BCUT2D eigenvalue weighted by Crippen LogP contribution is -2.18. The highest BCUT2D eigenvalue weighted by atomic mass is 16.5. The number of ether oxygens (including phenoxy) is 1. The molecule has 1 heterocycles. The van der Waals surface area contributed by atoms with Crippen LogP contribution in [0.1, 0.15) is 25.0 Å². The Morgan fingerprint density at radius 3 is 2.88 bits per heavy atom.